The van der Waals surface area contributed by atoms with Crippen LogP contribution in [-0.4, -0.2) is 23.4 Å². The molecule has 86 valence electrons. The Balaban J connectivity index is 1.77. The highest BCUT2D eigenvalue weighted by Crippen LogP contribution is 2.57. The first kappa shape index (κ1) is 10.1. The van der Waals surface area contributed by atoms with Gasteiger partial charge in [-0.15, -0.1) is 0 Å². The highest BCUT2D eigenvalue weighted by Gasteiger charge is 2.55. The fraction of sp³-hybridized carbons (Fsp3) is 1.00. The van der Waals surface area contributed by atoms with E-state index in [0.717, 1.165) is 31.8 Å². The molecule has 4 rings (SSSR count). The van der Waals surface area contributed by atoms with E-state index < -0.39 is 0 Å². The molecule has 2 nitrogen and oxygen atoms in total. The molecule has 0 aromatic carbocycles. The fourth-order valence-corrected chi connectivity index (χ4v) is 4.42. The van der Waals surface area contributed by atoms with Crippen molar-refractivity contribution in [2.45, 2.75) is 57.2 Å². The molecule has 0 aliphatic heterocycles. The van der Waals surface area contributed by atoms with Gasteiger partial charge in [0.25, 0.3) is 0 Å². The summed E-state index contributed by atoms with van der Waals surface area (Å²) in [7, 11) is 0. The second-order valence-corrected chi connectivity index (χ2v) is 5.99. The number of aliphatic hydroxyl groups excluding tert-OH is 1. The number of hydrogen-bond donors (Lipinski definition) is 1. The lowest BCUT2D eigenvalue weighted by molar-refractivity contribution is -0.200. The number of rotatable bonds is 3. The van der Waals surface area contributed by atoms with Crippen molar-refractivity contribution in [1.82, 2.24) is 0 Å². The molecule has 5 atom stereocenters. The third-order valence-corrected chi connectivity index (χ3v) is 4.78. The summed E-state index contributed by atoms with van der Waals surface area (Å²) in [5, 5.41) is 10.1. The van der Waals surface area contributed by atoms with E-state index in [0.29, 0.717) is 11.8 Å². The van der Waals surface area contributed by atoms with Gasteiger partial charge >= 0.3 is 0 Å². The predicted octanol–water partition coefficient (Wildman–Crippen LogP) is 2.35. The van der Waals surface area contributed by atoms with Crippen LogP contribution in [0.1, 0.15) is 45.4 Å². The van der Waals surface area contributed by atoms with Crippen LogP contribution in [-0.2, 0) is 4.74 Å². The molecule has 4 fully saturated rings. The van der Waals surface area contributed by atoms with E-state index in [9.17, 15) is 5.11 Å². The van der Waals surface area contributed by atoms with Crippen molar-refractivity contribution in [3.8, 4) is 0 Å². The molecule has 0 aromatic heterocycles. The molecule has 0 radical (unpaired) electrons. The smallest absolute Gasteiger partial charge is 0.0692 e. The zero-order valence-corrected chi connectivity index (χ0v) is 9.61. The quantitative estimate of drug-likeness (QED) is 0.775. The fourth-order valence-electron chi connectivity index (χ4n) is 4.42. The molecule has 1 N–H and O–H groups in total. The second kappa shape index (κ2) is 3.46. The average molecular weight is 210 g/mol. The Morgan fingerprint density at radius 2 is 1.87 bits per heavy atom. The highest BCUT2D eigenvalue weighted by molar-refractivity contribution is 5.06. The minimum absolute atomic E-state index is 0.0140. The first-order chi connectivity index (χ1) is 7.22. The van der Waals surface area contributed by atoms with Gasteiger partial charge in [-0.2, -0.15) is 0 Å². The normalized spacial score (nSPS) is 52.4. The van der Waals surface area contributed by atoms with Gasteiger partial charge in [0.15, 0.2) is 0 Å². The highest BCUT2D eigenvalue weighted by atomic mass is 16.5. The largest absolute Gasteiger partial charge is 0.393 e. The maximum absolute atomic E-state index is 10.1. The van der Waals surface area contributed by atoms with E-state index in [-0.39, 0.29) is 11.7 Å². The van der Waals surface area contributed by atoms with Crippen LogP contribution in [0.5, 0.6) is 0 Å². The van der Waals surface area contributed by atoms with Gasteiger partial charge in [0, 0.05) is 6.61 Å². The van der Waals surface area contributed by atoms with Crippen LogP contribution in [0.25, 0.3) is 0 Å². The first-order valence-corrected chi connectivity index (χ1v) is 6.54. The summed E-state index contributed by atoms with van der Waals surface area (Å²) < 4.78 is 6.13. The van der Waals surface area contributed by atoms with Crippen LogP contribution in [0.3, 0.4) is 0 Å². The van der Waals surface area contributed by atoms with Crippen LogP contribution >= 0.6 is 0 Å². The number of aliphatic hydroxyl groups is 1. The van der Waals surface area contributed by atoms with Gasteiger partial charge in [-0.05, 0) is 56.3 Å². The van der Waals surface area contributed by atoms with Gasteiger partial charge in [0.1, 0.15) is 0 Å². The summed E-state index contributed by atoms with van der Waals surface area (Å²) in [5.74, 6) is 1.95. The summed E-state index contributed by atoms with van der Waals surface area (Å²) in [6.07, 6.45) is 7.14. The molecule has 4 bridgehead atoms. The summed E-state index contributed by atoms with van der Waals surface area (Å²) in [6, 6.07) is 0. The maximum atomic E-state index is 10.1. The van der Waals surface area contributed by atoms with Gasteiger partial charge in [-0.25, -0.2) is 0 Å². The van der Waals surface area contributed by atoms with Crippen molar-refractivity contribution in [2.75, 3.05) is 6.61 Å². The maximum Gasteiger partial charge on any atom is 0.0692 e. The molecule has 4 saturated carbocycles. The van der Waals surface area contributed by atoms with Crippen molar-refractivity contribution in [3.63, 3.8) is 0 Å². The molecule has 4 aliphatic rings. The Bertz CT molecular complexity index is 235. The van der Waals surface area contributed by atoms with E-state index in [2.05, 4.69) is 6.92 Å². The molecular weight excluding hydrogens is 188 g/mol. The summed E-state index contributed by atoms with van der Waals surface area (Å²) in [4.78, 5) is 0. The van der Waals surface area contributed by atoms with Gasteiger partial charge < -0.3 is 9.84 Å². The molecule has 0 heterocycles. The molecule has 0 unspecified atom stereocenters. The Kier molecular flexibility index (Phi) is 2.33. The Hall–Kier alpha value is -0.0800. The lowest BCUT2D eigenvalue weighted by atomic mass is 9.53. The summed E-state index contributed by atoms with van der Waals surface area (Å²) in [5.41, 5.74) is 0.172. The molecule has 2 heteroatoms. The predicted molar refractivity (Wildman–Crippen MR) is 58.5 cm³/mol. The SMILES string of the molecule is CCCO[C@]12C[C@@H]3C[C@H](C1)[C@H](O)[C@@H](C3)C2. The Morgan fingerprint density at radius 1 is 1.20 bits per heavy atom. The molecular formula is C13H22O2. The Labute approximate surface area is 92.0 Å². The number of ether oxygens (including phenoxy) is 1. The average Bonchev–Trinajstić information content (AvgIpc) is 2.22. The summed E-state index contributed by atoms with van der Waals surface area (Å²) in [6.45, 7) is 3.08. The molecule has 0 saturated heterocycles. The topological polar surface area (TPSA) is 29.5 Å². The van der Waals surface area contributed by atoms with Crippen molar-refractivity contribution in [1.29, 1.82) is 0 Å². The van der Waals surface area contributed by atoms with Crippen LogP contribution in [0.15, 0.2) is 0 Å². The second-order valence-electron chi connectivity index (χ2n) is 5.99. The molecule has 0 aromatic rings. The summed E-state index contributed by atoms with van der Waals surface area (Å²) >= 11 is 0. The lowest BCUT2D eigenvalue weighted by Crippen LogP contribution is -2.57. The van der Waals surface area contributed by atoms with Gasteiger partial charge in [-0.3, -0.25) is 0 Å². The van der Waals surface area contributed by atoms with Crippen LogP contribution < -0.4 is 0 Å². The zero-order chi connectivity index (χ0) is 10.5. The van der Waals surface area contributed by atoms with Crippen molar-refractivity contribution in [2.24, 2.45) is 17.8 Å². The van der Waals surface area contributed by atoms with Gasteiger partial charge in [0.2, 0.25) is 0 Å². The molecule has 4 aliphatic carbocycles. The third-order valence-electron chi connectivity index (χ3n) is 4.78. The van der Waals surface area contributed by atoms with E-state index in [1.807, 2.05) is 0 Å². The van der Waals surface area contributed by atoms with Gasteiger partial charge in [-0.1, -0.05) is 6.92 Å². The standard InChI is InChI=1S/C13H22O2/c1-2-3-15-13-6-9-4-10(7-13)12(14)11(5-9)8-13/h9-12,14H,2-8H2,1H3/t9-,10-,11+,12+,13-. The number of hydrogen-bond acceptors (Lipinski definition) is 2. The lowest BCUT2D eigenvalue weighted by Gasteiger charge is -2.58. The molecule has 0 amide bonds. The van der Waals surface area contributed by atoms with E-state index >= 15 is 0 Å². The van der Waals surface area contributed by atoms with Gasteiger partial charge in [0.05, 0.1) is 11.7 Å². The van der Waals surface area contributed by atoms with Crippen molar-refractivity contribution < 1.29 is 9.84 Å². The molecule has 0 spiro atoms. The van der Waals surface area contributed by atoms with Crippen LogP contribution in [0, 0.1) is 17.8 Å². The third kappa shape index (κ3) is 1.53. The van der Waals surface area contributed by atoms with E-state index in [4.69, 9.17) is 4.74 Å². The van der Waals surface area contributed by atoms with Crippen molar-refractivity contribution in [3.05, 3.63) is 0 Å². The van der Waals surface area contributed by atoms with Crippen molar-refractivity contribution >= 4 is 0 Å². The minimum atomic E-state index is -0.0140. The molecule has 15 heavy (non-hydrogen) atoms. The minimum Gasteiger partial charge on any atom is -0.393 e. The van der Waals surface area contributed by atoms with Crippen LogP contribution in [0.4, 0.5) is 0 Å². The van der Waals surface area contributed by atoms with Crippen LogP contribution in [0.2, 0.25) is 0 Å². The monoisotopic (exact) mass is 210 g/mol. The zero-order valence-electron chi connectivity index (χ0n) is 9.61. The van der Waals surface area contributed by atoms with E-state index in [1.54, 1.807) is 0 Å². The Morgan fingerprint density at radius 3 is 2.47 bits per heavy atom. The first-order valence-electron chi connectivity index (χ1n) is 6.54. The van der Waals surface area contributed by atoms with E-state index in [1.165, 1.54) is 19.3 Å².